The summed E-state index contributed by atoms with van der Waals surface area (Å²) in [4.78, 5) is 2.45. The fourth-order valence-electron chi connectivity index (χ4n) is 3.28. The molecular formula is C19H19ClN2OS. The van der Waals surface area contributed by atoms with Crippen molar-refractivity contribution in [2.75, 3.05) is 18.8 Å². The summed E-state index contributed by atoms with van der Waals surface area (Å²) >= 11 is 7.60. The summed E-state index contributed by atoms with van der Waals surface area (Å²) < 4.78 is 10.6. The zero-order valence-electron chi connectivity index (χ0n) is 13.3. The lowest BCUT2D eigenvalue weighted by molar-refractivity contribution is 0.371. The number of nitrogens with zero attached hydrogens (tertiary/aromatic N) is 2. The molecule has 24 heavy (non-hydrogen) atoms. The first-order valence-corrected chi connectivity index (χ1v) is 9.60. The highest BCUT2D eigenvalue weighted by Crippen LogP contribution is 2.34. The molecule has 0 amide bonds. The molecule has 2 aromatic rings. The van der Waals surface area contributed by atoms with Gasteiger partial charge in [0.15, 0.2) is 0 Å². The summed E-state index contributed by atoms with van der Waals surface area (Å²) in [5.74, 6) is 4.40. The lowest BCUT2D eigenvalue weighted by atomic mass is 9.89. The van der Waals surface area contributed by atoms with Crippen molar-refractivity contribution in [3.05, 3.63) is 59.1 Å². The van der Waals surface area contributed by atoms with E-state index in [0.29, 0.717) is 10.9 Å². The van der Waals surface area contributed by atoms with Gasteiger partial charge in [-0.2, -0.15) is 0 Å². The SMILES string of the molecule is Clc1ccc(Oc2ccc(C3CCCN4CCSN=C34)cc2)cc1. The number of benzene rings is 2. The van der Waals surface area contributed by atoms with Gasteiger partial charge in [0.25, 0.3) is 0 Å². The summed E-state index contributed by atoms with van der Waals surface area (Å²) in [5, 5.41) is 0.714. The summed E-state index contributed by atoms with van der Waals surface area (Å²) in [6.45, 7) is 2.27. The molecule has 3 nitrogen and oxygen atoms in total. The standard InChI is InChI=1S/C19H19ClN2OS/c20-15-5-9-17(10-6-15)23-16-7-3-14(4-8-16)18-2-1-11-22-12-13-24-21-19(18)22/h3-10,18H,1-2,11-13H2. The van der Waals surface area contributed by atoms with Crippen LogP contribution in [-0.2, 0) is 0 Å². The van der Waals surface area contributed by atoms with Crippen LogP contribution in [0.15, 0.2) is 52.9 Å². The second-order valence-corrected chi connectivity index (χ2v) is 7.38. The summed E-state index contributed by atoms with van der Waals surface area (Å²) in [6.07, 6.45) is 2.41. The Balaban J connectivity index is 1.51. The Morgan fingerprint density at radius 3 is 2.46 bits per heavy atom. The first-order chi connectivity index (χ1) is 11.8. The molecule has 5 heteroatoms. The van der Waals surface area contributed by atoms with Crippen molar-refractivity contribution in [2.45, 2.75) is 18.8 Å². The highest BCUT2D eigenvalue weighted by molar-refractivity contribution is 7.98. The molecular weight excluding hydrogens is 340 g/mol. The molecule has 124 valence electrons. The van der Waals surface area contributed by atoms with Crippen molar-refractivity contribution < 1.29 is 4.74 Å². The molecule has 2 aromatic carbocycles. The molecule has 1 unspecified atom stereocenters. The van der Waals surface area contributed by atoms with Gasteiger partial charge < -0.3 is 9.64 Å². The first kappa shape index (κ1) is 15.9. The Kier molecular flexibility index (Phi) is 4.67. The topological polar surface area (TPSA) is 24.8 Å². The average molecular weight is 359 g/mol. The van der Waals surface area contributed by atoms with Gasteiger partial charge in [-0.3, -0.25) is 0 Å². The van der Waals surface area contributed by atoms with Gasteiger partial charge in [-0.25, -0.2) is 4.40 Å². The summed E-state index contributed by atoms with van der Waals surface area (Å²) in [5.41, 5.74) is 1.32. The fraction of sp³-hybridized carbons (Fsp3) is 0.316. The van der Waals surface area contributed by atoms with Crippen LogP contribution in [-0.4, -0.2) is 29.6 Å². The highest BCUT2D eigenvalue weighted by atomic mass is 35.5. The lowest BCUT2D eigenvalue weighted by Gasteiger charge is -2.37. The third-order valence-electron chi connectivity index (χ3n) is 4.50. The Bertz CT molecular complexity index is 730. The number of amidine groups is 1. The van der Waals surface area contributed by atoms with Gasteiger partial charge >= 0.3 is 0 Å². The average Bonchev–Trinajstić information content (AvgIpc) is 2.64. The Morgan fingerprint density at radius 1 is 1.00 bits per heavy atom. The zero-order chi connectivity index (χ0) is 16.4. The van der Waals surface area contributed by atoms with E-state index in [4.69, 9.17) is 20.7 Å². The zero-order valence-corrected chi connectivity index (χ0v) is 14.9. The number of fused-ring (bicyclic) bond motifs is 1. The fourth-order valence-corrected chi connectivity index (χ4v) is 4.18. The van der Waals surface area contributed by atoms with Crippen molar-refractivity contribution in [1.29, 1.82) is 0 Å². The van der Waals surface area contributed by atoms with Crippen LogP contribution in [0.3, 0.4) is 0 Å². The lowest BCUT2D eigenvalue weighted by Crippen LogP contribution is -2.42. The molecule has 0 aromatic heterocycles. The van der Waals surface area contributed by atoms with Gasteiger partial charge in [-0.1, -0.05) is 23.7 Å². The van der Waals surface area contributed by atoms with Crippen LogP contribution in [0.1, 0.15) is 24.3 Å². The molecule has 1 fully saturated rings. The van der Waals surface area contributed by atoms with Crippen LogP contribution < -0.4 is 4.74 Å². The molecule has 4 rings (SSSR count). The quantitative estimate of drug-likeness (QED) is 0.689. The van der Waals surface area contributed by atoms with E-state index in [1.807, 2.05) is 36.4 Å². The van der Waals surface area contributed by atoms with Gasteiger partial charge in [0.2, 0.25) is 0 Å². The molecule has 1 atom stereocenters. The normalized spacial score (nSPS) is 20.3. The van der Waals surface area contributed by atoms with E-state index in [1.165, 1.54) is 24.2 Å². The molecule has 0 N–H and O–H groups in total. The van der Waals surface area contributed by atoms with E-state index in [1.54, 1.807) is 11.9 Å². The molecule has 1 saturated heterocycles. The minimum absolute atomic E-state index is 0.413. The maximum Gasteiger partial charge on any atom is 0.127 e. The Labute approximate surface area is 151 Å². The second kappa shape index (κ2) is 7.08. The minimum Gasteiger partial charge on any atom is -0.457 e. The van der Waals surface area contributed by atoms with Gasteiger partial charge in [0.05, 0.1) is 0 Å². The predicted molar refractivity (Wildman–Crippen MR) is 101 cm³/mol. The van der Waals surface area contributed by atoms with Crippen molar-refractivity contribution >= 4 is 29.4 Å². The van der Waals surface area contributed by atoms with E-state index in [2.05, 4.69) is 17.0 Å². The summed E-state index contributed by atoms with van der Waals surface area (Å²) in [6, 6.07) is 15.8. The Hall–Kier alpha value is -1.65. The predicted octanol–water partition coefficient (Wildman–Crippen LogP) is 5.37. The second-order valence-electron chi connectivity index (χ2n) is 6.09. The van der Waals surface area contributed by atoms with E-state index in [9.17, 15) is 0 Å². The third kappa shape index (κ3) is 3.40. The Morgan fingerprint density at radius 2 is 1.71 bits per heavy atom. The molecule has 0 aliphatic carbocycles. The van der Waals surface area contributed by atoms with Crippen LogP contribution in [0.2, 0.25) is 5.02 Å². The molecule has 0 radical (unpaired) electrons. The van der Waals surface area contributed by atoms with E-state index < -0.39 is 0 Å². The number of ether oxygens (including phenoxy) is 1. The van der Waals surface area contributed by atoms with E-state index >= 15 is 0 Å². The molecule has 0 spiro atoms. The van der Waals surface area contributed by atoms with Crippen LogP contribution in [0.25, 0.3) is 0 Å². The van der Waals surface area contributed by atoms with Crippen molar-refractivity contribution in [2.24, 2.45) is 4.40 Å². The molecule has 2 aliphatic heterocycles. The van der Waals surface area contributed by atoms with Crippen molar-refractivity contribution in [3.8, 4) is 11.5 Å². The van der Waals surface area contributed by atoms with Crippen LogP contribution in [0.5, 0.6) is 11.5 Å². The van der Waals surface area contributed by atoms with Crippen LogP contribution in [0, 0.1) is 0 Å². The molecule has 2 heterocycles. The van der Waals surface area contributed by atoms with Crippen LogP contribution in [0.4, 0.5) is 0 Å². The largest absolute Gasteiger partial charge is 0.457 e. The van der Waals surface area contributed by atoms with Crippen molar-refractivity contribution in [3.63, 3.8) is 0 Å². The number of halogens is 1. The van der Waals surface area contributed by atoms with Gasteiger partial charge in [-0.15, -0.1) is 0 Å². The molecule has 0 bridgehead atoms. The maximum absolute atomic E-state index is 5.90. The number of piperidine rings is 1. The summed E-state index contributed by atoms with van der Waals surface area (Å²) in [7, 11) is 0. The van der Waals surface area contributed by atoms with Crippen LogP contribution >= 0.6 is 23.5 Å². The van der Waals surface area contributed by atoms with E-state index in [0.717, 1.165) is 30.3 Å². The van der Waals surface area contributed by atoms with Gasteiger partial charge in [0.1, 0.15) is 17.3 Å². The molecule has 2 aliphatic rings. The third-order valence-corrected chi connectivity index (χ3v) is 5.43. The number of rotatable bonds is 3. The van der Waals surface area contributed by atoms with Gasteiger partial charge in [-0.05, 0) is 66.8 Å². The molecule has 0 saturated carbocycles. The number of hydrogen-bond donors (Lipinski definition) is 0. The van der Waals surface area contributed by atoms with Gasteiger partial charge in [0, 0.05) is 29.8 Å². The van der Waals surface area contributed by atoms with E-state index in [-0.39, 0.29) is 0 Å². The number of hydrogen-bond acceptors (Lipinski definition) is 4. The monoisotopic (exact) mass is 358 g/mol. The minimum atomic E-state index is 0.413. The van der Waals surface area contributed by atoms with Crippen molar-refractivity contribution in [1.82, 2.24) is 4.90 Å². The first-order valence-electron chi connectivity index (χ1n) is 8.28. The highest BCUT2D eigenvalue weighted by Gasteiger charge is 2.29. The maximum atomic E-state index is 5.90. The smallest absolute Gasteiger partial charge is 0.127 e.